The molecule has 1 N–H and O–H groups in total. The average Bonchev–Trinajstić information content (AvgIpc) is 3.08. The van der Waals surface area contributed by atoms with Gasteiger partial charge in [0.25, 0.3) is 0 Å². The van der Waals surface area contributed by atoms with Gasteiger partial charge in [-0.25, -0.2) is 4.98 Å². The second-order valence-electron chi connectivity index (χ2n) is 6.48. The van der Waals surface area contributed by atoms with Crippen LogP contribution in [0.1, 0.15) is 89.3 Å². The molecule has 0 spiro atoms. The highest BCUT2D eigenvalue weighted by Gasteiger charge is 1.96. The Hall–Kier alpha value is -1.31. The lowest BCUT2D eigenvalue weighted by molar-refractivity contribution is 0.540. The van der Waals surface area contributed by atoms with Gasteiger partial charge in [-0.05, 0) is 19.3 Å². The Morgan fingerprint density at radius 1 is 0.826 bits per heavy atom. The first-order valence-corrected chi connectivity index (χ1v) is 9.69. The van der Waals surface area contributed by atoms with Crippen molar-refractivity contribution < 1.29 is 0 Å². The second kappa shape index (κ2) is 15.6. The zero-order valence-electron chi connectivity index (χ0n) is 14.9. The number of allylic oxidation sites excluding steroid dienone is 3. The maximum atomic E-state index is 4.26. The standard InChI is InChI=1S/C21H36N2/c1-2-3-4-5-6-7-8-9-10-11-12-13-14-15-16-17-18-21-22-19-20-23-21/h2-4,19-20H,1,5-18H2,(H,22,23). The van der Waals surface area contributed by atoms with Crippen molar-refractivity contribution in [1.29, 1.82) is 0 Å². The molecule has 1 rings (SSSR count). The molecule has 2 heteroatoms. The van der Waals surface area contributed by atoms with E-state index < -0.39 is 0 Å². The monoisotopic (exact) mass is 316 g/mol. The van der Waals surface area contributed by atoms with Crippen molar-refractivity contribution in [3.8, 4) is 0 Å². The lowest BCUT2D eigenvalue weighted by Crippen LogP contribution is -1.88. The van der Waals surface area contributed by atoms with Crippen LogP contribution in [0.5, 0.6) is 0 Å². The topological polar surface area (TPSA) is 28.7 Å². The molecule has 1 aromatic rings. The first kappa shape index (κ1) is 19.7. The van der Waals surface area contributed by atoms with E-state index in [1.165, 1.54) is 83.5 Å². The summed E-state index contributed by atoms with van der Waals surface area (Å²) in [7, 11) is 0. The number of imidazole rings is 1. The van der Waals surface area contributed by atoms with Crippen LogP contribution < -0.4 is 0 Å². The zero-order valence-corrected chi connectivity index (χ0v) is 14.9. The minimum absolute atomic E-state index is 1.11. The Morgan fingerprint density at radius 2 is 1.39 bits per heavy atom. The van der Waals surface area contributed by atoms with Crippen LogP contribution in [0.3, 0.4) is 0 Å². The number of H-pyrrole nitrogens is 1. The van der Waals surface area contributed by atoms with E-state index in [2.05, 4.69) is 28.7 Å². The molecule has 23 heavy (non-hydrogen) atoms. The summed E-state index contributed by atoms with van der Waals surface area (Å²) >= 11 is 0. The molecule has 0 bridgehead atoms. The highest BCUT2D eigenvalue weighted by atomic mass is 14.9. The van der Waals surface area contributed by atoms with E-state index in [4.69, 9.17) is 0 Å². The van der Waals surface area contributed by atoms with E-state index in [0.717, 1.165) is 12.2 Å². The van der Waals surface area contributed by atoms with Gasteiger partial charge in [0, 0.05) is 18.8 Å². The molecular weight excluding hydrogens is 280 g/mol. The molecule has 0 aliphatic carbocycles. The number of nitrogens with zero attached hydrogens (tertiary/aromatic N) is 1. The summed E-state index contributed by atoms with van der Waals surface area (Å²) in [6.45, 7) is 3.68. The van der Waals surface area contributed by atoms with Crippen molar-refractivity contribution >= 4 is 0 Å². The summed E-state index contributed by atoms with van der Waals surface area (Å²) in [5.41, 5.74) is 0. The summed E-state index contributed by atoms with van der Waals surface area (Å²) < 4.78 is 0. The third kappa shape index (κ3) is 12.9. The summed E-state index contributed by atoms with van der Waals surface area (Å²) in [5, 5.41) is 0. The summed E-state index contributed by atoms with van der Waals surface area (Å²) in [4.78, 5) is 7.43. The van der Waals surface area contributed by atoms with E-state index in [0.29, 0.717) is 0 Å². The number of unbranched alkanes of at least 4 members (excludes halogenated alkanes) is 12. The molecule has 0 saturated heterocycles. The van der Waals surface area contributed by atoms with Crippen LogP contribution in [0, 0.1) is 0 Å². The van der Waals surface area contributed by atoms with Crippen LogP contribution in [0.25, 0.3) is 0 Å². The van der Waals surface area contributed by atoms with Crippen molar-refractivity contribution in [3.05, 3.63) is 43.0 Å². The first-order valence-electron chi connectivity index (χ1n) is 9.69. The lowest BCUT2D eigenvalue weighted by atomic mass is 10.0. The van der Waals surface area contributed by atoms with Crippen LogP contribution in [0.2, 0.25) is 0 Å². The molecule has 0 amide bonds. The number of hydrogen-bond donors (Lipinski definition) is 1. The molecule has 0 saturated carbocycles. The maximum absolute atomic E-state index is 4.26. The van der Waals surface area contributed by atoms with Crippen molar-refractivity contribution in [2.24, 2.45) is 0 Å². The third-order valence-corrected chi connectivity index (χ3v) is 4.36. The van der Waals surface area contributed by atoms with Crippen molar-refractivity contribution in [3.63, 3.8) is 0 Å². The lowest BCUT2D eigenvalue weighted by Gasteiger charge is -2.03. The van der Waals surface area contributed by atoms with E-state index >= 15 is 0 Å². The average molecular weight is 317 g/mol. The Morgan fingerprint density at radius 3 is 1.91 bits per heavy atom. The van der Waals surface area contributed by atoms with Gasteiger partial charge < -0.3 is 4.98 Å². The van der Waals surface area contributed by atoms with Crippen molar-refractivity contribution in [1.82, 2.24) is 9.97 Å². The molecule has 0 atom stereocenters. The van der Waals surface area contributed by atoms with Gasteiger partial charge in [-0.1, -0.05) is 89.0 Å². The third-order valence-electron chi connectivity index (χ3n) is 4.36. The Labute approximate surface area is 143 Å². The van der Waals surface area contributed by atoms with Gasteiger partial charge in [-0.2, -0.15) is 0 Å². The van der Waals surface area contributed by atoms with Crippen LogP contribution >= 0.6 is 0 Å². The fraction of sp³-hybridized carbons (Fsp3) is 0.667. The van der Waals surface area contributed by atoms with Gasteiger partial charge in [0.05, 0.1) is 0 Å². The molecule has 130 valence electrons. The van der Waals surface area contributed by atoms with Crippen molar-refractivity contribution in [2.75, 3.05) is 0 Å². The predicted octanol–water partition coefficient (Wildman–Crippen LogP) is 6.77. The summed E-state index contributed by atoms with van der Waals surface area (Å²) in [5.74, 6) is 1.14. The normalized spacial score (nSPS) is 11.3. The predicted molar refractivity (Wildman–Crippen MR) is 102 cm³/mol. The number of hydrogen-bond acceptors (Lipinski definition) is 1. The molecule has 0 unspecified atom stereocenters. The van der Waals surface area contributed by atoms with Gasteiger partial charge in [0.2, 0.25) is 0 Å². The fourth-order valence-corrected chi connectivity index (χ4v) is 2.95. The van der Waals surface area contributed by atoms with Crippen LogP contribution in [0.4, 0.5) is 0 Å². The SMILES string of the molecule is C=CC=CCCCCCCCCCCCCCCc1ncc[nH]1. The number of aryl methyl sites for hydroxylation is 1. The van der Waals surface area contributed by atoms with Crippen LogP contribution in [-0.4, -0.2) is 9.97 Å². The molecule has 0 aliphatic heterocycles. The summed E-state index contributed by atoms with van der Waals surface area (Å²) in [6, 6.07) is 0. The molecule has 2 nitrogen and oxygen atoms in total. The Kier molecular flexibility index (Phi) is 13.4. The van der Waals surface area contributed by atoms with Gasteiger partial charge in [0.15, 0.2) is 0 Å². The molecular formula is C21H36N2. The highest BCUT2D eigenvalue weighted by molar-refractivity contribution is 4.96. The molecule has 0 radical (unpaired) electrons. The quantitative estimate of drug-likeness (QED) is 0.265. The minimum Gasteiger partial charge on any atom is -0.349 e. The van der Waals surface area contributed by atoms with Crippen LogP contribution in [0.15, 0.2) is 37.2 Å². The first-order chi connectivity index (χ1) is 11.4. The molecule has 1 aromatic heterocycles. The van der Waals surface area contributed by atoms with Gasteiger partial charge in [0.1, 0.15) is 5.82 Å². The smallest absolute Gasteiger partial charge is 0.105 e. The van der Waals surface area contributed by atoms with E-state index in [1.807, 2.05) is 18.5 Å². The van der Waals surface area contributed by atoms with E-state index in [1.54, 1.807) is 0 Å². The fourth-order valence-electron chi connectivity index (χ4n) is 2.95. The number of rotatable bonds is 16. The van der Waals surface area contributed by atoms with E-state index in [9.17, 15) is 0 Å². The number of aromatic nitrogens is 2. The number of aromatic amines is 1. The minimum atomic E-state index is 1.11. The van der Waals surface area contributed by atoms with Crippen LogP contribution in [-0.2, 0) is 6.42 Å². The highest BCUT2D eigenvalue weighted by Crippen LogP contribution is 2.13. The van der Waals surface area contributed by atoms with Gasteiger partial charge >= 0.3 is 0 Å². The van der Waals surface area contributed by atoms with Gasteiger partial charge in [-0.3, -0.25) is 0 Å². The van der Waals surface area contributed by atoms with E-state index in [-0.39, 0.29) is 0 Å². The number of nitrogens with one attached hydrogen (secondary N) is 1. The summed E-state index contributed by atoms with van der Waals surface area (Å²) in [6.07, 6.45) is 28.9. The molecule has 0 aromatic carbocycles. The van der Waals surface area contributed by atoms with Crippen molar-refractivity contribution in [2.45, 2.75) is 89.9 Å². The largest absolute Gasteiger partial charge is 0.349 e. The Balaban J connectivity index is 1.70. The zero-order chi connectivity index (χ0) is 16.4. The molecule has 0 aliphatic rings. The maximum Gasteiger partial charge on any atom is 0.105 e. The van der Waals surface area contributed by atoms with Gasteiger partial charge in [-0.15, -0.1) is 0 Å². The molecule has 0 fully saturated rings. The Bertz CT molecular complexity index is 379. The molecule has 1 heterocycles. The second-order valence-corrected chi connectivity index (χ2v) is 6.48.